The standard InChI is InChI=1S/C30H21N7OS/c38-29-28(35-34-25-18-16-24(17-19-25)33-32-23-14-8-3-9-15-23)27(22-12-6-2-7-13-22)36-37(29)30-31-26(20-39-30)21-10-4-1-5-11-21/h1-20,34H. The molecule has 0 atom stereocenters. The number of thiazole rings is 1. The summed E-state index contributed by atoms with van der Waals surface area (Å²) in [5.41, 5.74) is 8.37. The lowest BCUT2D eigenvalue weighted by Gasteiger charge is -2.06. The highest BCUT2D eigenvalue weighted by Crippen LogP contribution is 2.30. The smallest absolute Gasteiger partial charge is 0.278 e. The second kappa shape index (κ2) is 11.0. The molecule has 0 unspecified atom stereocenters. The molecule has 0 bridgehead atoms. The van der Waals surface area contributed by atoms with E-state index in [4.69, 9.17) is 0 Å². The average molecular weight is 528 g/mol. The number of aromatic nitrogens is 1. The van der Waals surface area contributed by atoms with Gasteiger partial charge in [0.05, 0.1) is 22.8 Å². The van der Waals surface area contributed by atoms with Crippen LogP contribution in [0, 0.1) is 0 Å². The van der Waals surface area contributed by atoms with Crippen LogP contribution in [0.4, 0.5) is 22.2 Å². The summed E-state index contributed by atoms with van der Waals surface area (Å²) in [5.74, 6) is -0.358. The van der Waals surface area contributed by atoms with Crippen LogP contribution in [0.25, 0.3) is 11.3 Å². The number of azo groups is 1. The van der Waals surface area contributed by atoms with E-state index >= 15 is 0 Å². The van der Waals surface area contributed by atoms with Crippen molar-refractivity contribution in [2.45, 2.75) is 0 Å². The number of hydrogen-bond donors (Lipinski definition) is 1. The van der Waals surface area contributed by atoms with E-state index < -0.39 is 0 Å². The van der Waals surface area contributed by atoms with E-state index in [-0.39, 0.29) is 11.6 Å². The second-order valence-corrected chi connectivity index (χ2v) is 9.30. The van der Waals surface area contributed by atoms with Gasteiger partial charge in [0.15, 0.2) is 5.71 Å². The van der Waals surface area contributed by atoms with E-state index in [1.807, 2.05) is 121 Å². The maximum Gasteiger partial charge on any atom is 0.303 e. The molecule has 0 saturated heterocycles. The largest absolute Gasteiger partial charge is 0.303 e. The van der Waals surface area contributed by atoms with Crippen LogP contribution in [0.5, 0.6) is 0 Å². The molecule has 39 heavy (non-hydrogen) atoms. The maximum atomic E-state index is 13.5. The van der Waals surface area contributed by atoms with Crippen LogP contribution < -0.4 is 10.4 Å². The molecule has 0 saturated carbocycles. The minimum absolute atomic E-state index is 0.200. The van der Waals surface area contributed by atoms with Gasteiger partial charge >= 0.3 is 5.91 Å². The summed E-state index contributed by atoms with van der Waals surface area (Å²) in [7, 11) is 0. The molecule has 8 nitrogen and oxygen atoms in total. The lowest BCUT2D eigenvalue weighted by atomic mass is 10.1. The Kier molecular flexibility index (Phi) is 6.79. The minimum Gasteiger partial charge on any atom is -0.278 e. The molecule has 9 heteroatoms. The van der Waals surface area contributed by atoms with Gasteiger partial charge in [-0.1, -0.05) is 78.9 Å². The highest BCUT2D eigenvalue weighted by molar-refractivity contribution is 7.14. The van der Waals surface area contributed by atoms with E-state index in [0.29, 0.717) is 22.2 Å². The third kappa shape index (κ3) is 5.39. The first-order valence-electron chi connectivity index (χ1n) is 12.1. The molecular formula is C30H21N7OS. The molecule has 6 rings (SSSR count). The van der Waals surface area contributed by atoms with Crippen molar-refractivity contribution in [3.8, 4) is 11.3 Å². The van der Waals surface area contributed by atoms with Crippen LogP contribution in [0.2, 0.25) is 0 Å². The number of rotatable bonds is 7. The van der Waals surface area contributed by atoms with Crippen molar-refractivity contribution in [3.63, 3.8) is 0 Å². The third-order valence-electron chi connectivity index (χ3n) is 5.81. The van der Waals surface area contributed by atoms with Gasteiger partial charge in [-0.3, -0.25) is 10.2 Å². The molecule has 1 aliphatic heterocycles. The van der Waals surface area contributed by atoms with E-state index in [2.05, 4.69) is 30.8 Å². The van der Waals surface area contributed by atoms with Gasteiger partial charge in [-0.05, 0) is 36.4 Å². The van der Waals surface area contributed by atoms with Gasteiger partial charge in [-0.15, -0.1) is 11.3 Å². The summed E-state index contributed by atoms with van der Waals surface area (Å²) < 4.78 is 0. The first kappa shape index (κ1) is 24.1. The number of anilines is 2. The van der Waals surface area contributed by atoms with Crippen molar-refractivity contribution in [1.29, 1.82) is 0 Å². The van der Waals surface area contributed by atoms with Crippen molar-refractivity contribution >= 4 is 50.9 Å². The number of carbonyl (C=O) groups is 1. The SMILES string of the molecule is O=C1C(=NNc2ccc(N=Nc3ccccc3)cc2)C(c2ccccc2)=NN1c1nc(-c2ccccc2)cs1. The summed E-state index contributed by atoms with van der Waals surface area (Å²) in [4.78, 5) is 18.2. The highest BCUT2D eigenvalue weighted by Gasteiger charge is 2.35. The molecule has 0 fully saturated rings. The lowest BCUT2D eigenvalue weighted by Crippen LogP contribution is -2.28. The van der Waals surface area contributed by atoms with Gasteiger partial charge in [0.25, 0.3) is 0 Å². The van der Waals surface area contributed by atoms with Crippen LogP contribution in [0.1, 0.15) is 5.56 Å². The molecule has 1 N–H and O–H groups in total. The zero-order valence-electron chi connectivity index (χ0n) is 20.5. The average Bonchev–Trinajstić information content (AvgIpc) is 3.62. The Bertz CT molecular complexity index is 1680. The normalized spacial score (nSPS) is 14.3. The van der Waals surface area contributed by atoms with Gasteiger partial charge in [-0.2, -0.15) is 25.4 Å². The predicted molar refractivity (Wildman–Crippen MR) is 156 cm³/mol. The monoisotopic (exact) mass is 527 g/mol. The van der Waals surface area contributed by atoms with Crippen LogP contribution in [-0.4, -0.2) is 22.3 Å². The molecule has 1 aromatic heterocycles. The zero-order chi connectivity index (χ0) is 26.4. The van der Waals surface area contributed by atoms with E-state index in [1.54, 1.807) is 0 Å². The maximum absolute atomic E-state index is 13.5. The fraction of sp³-hybridized carbons (Fsp3) is 0. The van der Waals surface area contributed by atoms with E-state index in [1.165, 1.54) is 16.3 Å². The van der Waals surface area contributed by atoms with Crippen molar-refractivity contribution in [2.24, 2.45) is 20.4 Å². The van der Waals surface area contributed by atoms with Crippen LogP contribution in [0.3, 0.4) is 0 Å². The number of hydrazone groups is 2. The van der Waals surface area contributed by atoms with Crippen LogP contribution in [0.15, 0.2) is 141 Å². The quantitative estimate of drug-likeness (QED) is 0.176. The number of nitrogens with zero attached hydrogens (tertiary/aromatic N) is 6. The molecule has 5 aromatic rings. The lowest BCUT2D eigenvalue weighted by molar-refractivity contribution is -0.112. The van der Waals surface area contributed by atoms with Gasteiger partial charge in [0.1, 0.15) is 5.71 Å². The summed E-state index contributed by atoms with van der Waals surface area (Å²) in [6.45, 7) is 0. The van der Waals surface area contributed by atoms with Gasteiger partial charge < -0.3 is 0 Å². The Morgan fingerprint density at radius 2 is 1.28 bits per heavy atom. The molecular weight excluding hydrogens is 506 g/mol. The molecule has 4 aromatic carbocycles. The van der Waals surface area contributed by atoms with Crippen LogP contribution in [-0.2, 0) is 4.79 Å². The Balaban J connectivity index is 1.25. The number of benzene rings is 4. The third-order valence-corrected chi connectivity index (χ3v) is 6.63. The number of amides is 1. The van der Waals surface area contributed by atoms with Gasteiger partial charge in [0.2, 0.25) is 5.13 Å². The fourth-order valence-electron chi connectivity index (χ4n) is 3.85. The van der Waals surface area contributed by atoms with Crippen molar-refractivity contribution in [3.05, 3.63) is 126 Å². The van der Waals surface area contributed by atoms with Crippen molar-refractivity contribution < 1.29 is 4.79 Å². The molecule has 0 aliphatic carbocycles. The Morgan fingerprint density at radius 3 is 1.95 bits per heavy atom. The molecule has 2 heterocycles. The zero-order valence-corrected chi connectivity index (χ0v) is 21.4. The first-order valence-corrected chi connectivity index (χ1v) is 13.0. The molecule has 0 spiro atoms. The Labute approximate surface area is 228 Å². The van der Waals surface area contributed by atoms with E-state index in [9.17, 15) is 4.79 Å². The highest BCUT2D eigenvalue weighted by atomic mass is 32.1. The molecule has 188 valence electrons. The summed E-state index contributed by atoms with van der Waals surface area (Å²) in [5, 5.41) is 21.3. The number of hydrogen-bond acceptors (Lipinski definition) is 8. The Hall–Kier alpha value is -5.28. The van der Waals surface area contributed by atoms with E-state index in [0.717, 1.165) is 22.5 Å². The summed E-state index contributed by atoms with van der Waals surface area (Å²) in [6, 6.07) is 36.2. The van der Waals surface area contributed by atoms with Gasteiger partial charge in [0, 0.05) is 16.5 Å². The molecule has 0 radical (unpaired) electrons. The van der Waals surface area contributed by atoms with Gasteiger partial charge in [-0.25, -0.2) is 4.98 Å². The minimum atomic E-state index is -0.358. The summed E-state index contributed by atoms with van der Waals surface area (Å²) in [6.07, 6.45) is 0. The molecule has 1 aliphatic rings. The number of nitrogens with one attached hydrogen (secondary N) is 1. The number of carbonyl (C=O) groups excluding carboxylic acids is 1. The topological polar surface area (TPSA) is 94.7 Å². The van der Waals surface area contributed by atoms with Crippen LogP contribution >= 0.6 is 11.3 Å². The van der Waals surface area contributed by atoms with Crippen molar-refractivity contribution in [1.82, 2.24) is 4.98 Å². The Morgan fingerprint density at radius 1 is 0.692 bits per heavy atom. The predicted octanol–water partition coefficient (Wildman–Crippen LogP) is 7.44. The molecule has 1 amide bonds. The summed E-state index contributed by atoms with van der Waals surface area (Å²) >= 11 is 1.36. The fourth-order valence-corrected chi connectivity index (χ4v) is 4.63. The first-order chi connectivity index (χ1) is 19.2. The van der Waals surface area contributed by atoms with Crippen molar-refractivity contribution in [2.75, 3.05) is 10.4 Å². The second-order valence-electron chi connectivity index (χ2n) is 8.47.